The molecule has 60 valence electrons. The van der Waals surface area contributed by atoms with Gasteiger partial charge in [0.2, 0.25) is 0 Å². The van der Waals surface area contributed by atoms with Crippen LogP contribution in [0.5, 0.6) is 0 Å². The molecule has 1 nitrogen and oxygen atoms in total. The van der Waals surface area contributed by atoms with E-state index in [1.165, 1.54) is 0 Å². The van der Waals surface area contributed by atoms with Gasteiger partial charge < -0.3 is 0 Å². The Hall–Kier alpha value is 0.400. The van der Waals surface area contributed by atoms with Crippen LogP contribution in [0.4, 0.5) is 0 Å². The summed E-state index contributed by atoms with van der Waals surface area (Å²) in [6, 6.07) is 0. The smallest absolute Gasteiger partial charge is 0.144 e. The highest BCUT2D eigenvalue weighted by Crippen LogP contribution is 2.22. The molecule has 0 spiro atoms. The lowest BCUT2D eigenvalue weighted by Gasteiger charge is -2.18. The highest BCUT2D eigenvalue weighted by atomic mass is 127. The fourth-order valence-corrected chi connectivity index (χ4v) is 1.17. The first-order valence-electron chi connectivity index (χ1n) is 3.44. The van der Waals surface area contributed by atoms with Gasteiger partial charge in [-0.3, -0.25) is 4.79 Å². The van der Waals surface area contributed by atoms with Crippen LogP contribution in [0, 0.1) is 26.2 Å². The van der Waals surface area contributed by atoms with Crippen LogP contribution < -0.4 is 0 Å². The molecule has 0 rings (SSSR count). The number of alkyl halides is 1. The lowest BCUT2D eigenvalue weighted by molar-refractivity contribution is -0.120. The standard InChI is InChI=1S/C9H11IO/c1-8(11)9(2,3)6-4-5-7-10/h1-3H,4-7H2. The van der Waals surface area contributed by atoms with E-state index < -0.39 is 11.2 Å². The number of unbranched alkanes of at least 4 members (excludes halogenated alkanes) is 1. The number of hydrogen-bond acceptors (Lipinski definition) is 1. The van der Waals surface area contributed by atoms with E-state index in [9.17, 15) is 4.79 Å². The van der Waals surface area contributed by atoms with Gasteiger partial charge in [-0.25, -0.2) is 0 Å². The van der Waals surface area contributed by atoms with Crippen molar-refractivity contribution >= 4 is 28.4 Å². The van der Waals surface area contributed by atoms with Crippen LogP contribution in [0.25, 0.3) is 0 Å². The molecule has 0 aromatic rings. The second-order valence-corrected chi connectivity index (χ2v) is 3.63. The van der Waals surface area contributed by atoms with Crippen LogP contribution in [0.1, 0.15) is 19.3 Å². The van der Waals surface area contributed by atoms with Gasteiger partial charge in [0.05, 0.1) is 0 Å². The second-order valence-electron chi connectivity index (χ2n) is 2.55. The maximum Gasteiger partial charge on any atom is 0.144 e. The van der Waals surface area contributed by atoms with Gasteiger partial charge in [-0.2, -0.15) is 0 Å². The van der Waals surface area contributed by atoms with E-state index in [1.54, 1.807) is 0 Å². The predicted octanol–water partition coefficient (Wildman–Crippen LogP) is 2.28. The molecule has 0 aromatic heterocycles. The maximum absolute atomic E-state index is 10.6. The largest absolute Gasteiger partial charge is 0.299 e. The Morgan fingerprint density at radius 2 is 1.91 bits per heavy atom. The van der Waals surface area contributed by atoms with Crippen molar-refractivity contribution in [3.63, 3.8) is 0 Å². The Morgan fingerprint density at radius 3 is 2.27 bits per heavy atom. The number of carbonyl (C=O) groups excluding carboxylic acids is 1. The normalized spacial score (nSPS) is 11.6. The van der Waals surface area contributed by atoms with Gasteiger partial charge in [-0.05, 0) is 31.1 Å². The third kappa shape index (κ3) is 4.77. The Labute approximate surface area is 83.1 Å². The summed E-state index contributed by atoms with van der Waals surface area (Å²) in [6.45, 7) is 15.8. The second kappa shape index (κ2) is 5.12. The minimum atomic E-state index is -1.31. The fraction of sp³-hybridized carbons (Fsp3) is 0.556. The van der Waals surface area contributed by atoms with E-state index in [-0.39, 0.29) is 0 Å². The van der Waals surface area contributed by atoms with Gasteiger partial charge in [0.25, 0.3) is 0 Å². The van der Waals surface area contributed by atoms with Gasteiger partial charge >= 0.3 is 0 Å². The molecular weight excluding hydrogens is 251 g/mol. The number of hydrogen-bond donors (Lipinski definition) is 0. The fourth-order valence-electron chi connectivity index (χ4n) is 0.635. The summed E-state index contributed by atoms with van der Waals surface area (Å²) in [4.78, 5) is 10.6. The molecule has 2 heteroatoms. The Morgan fingerprint density at radius 1 is 1.36 bits per heavy atom. The van der Waals surface area contributed by atoms with Crippen molar-refractivity contribution in [3.05, 3.63) is 20.8 Å². The van der Waals surface area contributed by atoms with Crippen molar-refractivity contribution in [2.24, 2.45) is 5.41 Å². The third-order valence-electron chi connectivity index (χ3n) is 1.43. The van der Waals surface area contributed by atoms with Crippen LogP contribution in [-0.2, 0) is 4.79 Å². The molecule has 0 atom stereocenters. The molecule has 0 amide bonds. The van der Waals surface area contributed by atoms with E-state index in [2.05, 4.69) is 22.6 Å². The zero-order valence-corrected chi connectivity index (χ0v) is 8.50. The van der Waals surface area contributed by atoms with Crippen LogP contribution in [0.3, 0.4) is 0 Å². The van der Waals surface area contributed by atoms with Gasteiger partial charge in [-0.15, -0.1) is 0 Å². The monoisotopic (exact) mass is 262 g/mol. The van der Waals surface area contributed by atoms with Gasteiger partial charge in [0, 0.05) is 12.3 Å². The van der Waals surface area contributed by atoms with Crippen molar-refractivity contribution in [3.8, 4) is 0 Å². The van der Waals surface area contributed by atoms with E-state index in [0.717, 1.165) is 17.3 Å². The summed E-state index contributed by atoms with van der Waals surface area (Å²) < 4.78 is 1.05. The average molecular weight is 262 g/mol. The molecule has 0 heterocycles. The zero-order valence-electron chi connectivity index (χ0n) is 6.35. The number of Topliss-reactive ketones (excluding diaryl/α,β-unsaturated/α-hetero) is 1. The summed E-state index contributed by atoms with van der Waals surface area (Å²) in [6.07, 6.45) is 2.33. The zero-order chi connectivity index (χ0) is 8.91. The van der Waals surface area contributed by atoms with Crippen LogP contribution >= 0.6 is 22.6 Å². The summed E-state index contributed by atoms with van der Waals surface area (Å²) in [5, 5.41) is 0. The van der Waals surface area contributed by atoms with E-state index in [0.29, 0.717) is 6.42 Å². The first-order chi connectivity index (χ1) is 5.00. The van der Waals surface area contributed by atoms with E-state index in [1.807, 2.05) is 0 Å². The highest BCUT2D eigenvalue weighted by Gasteiger charge is 2.23. The van der Waals surface area contributed by atoms with Gasteiger partial charge in [0.15, 0.2) is 0 Å². The van der Waals surface area contributed by atoms with Gasteiger partial charge in [-0.1, -0.05) is 29.0 Å². The quantitative estimate of drug-likeness (QED) is 0.422. The number of rotatable bonds is 5. The average Bonchev–Trinajstić information content (AvgIpc) is 1.88. The Balaban J connectivity index is 3.64. The maximum atomic E-state index is 10.6. The molecule has 0 aromatic carbocycles. The summed E-state index contributed by atoms with van der Waals surface area (Å²) >= 11 is 2.26. The van der Waals surface area contributed by atoms with Crippen molar-refractivity contribution in [2.75, 3.05) is 4.43 Å². The lowest BCUT2D eigenvalue weighted by Crippen LogP contribution is -2.22. The van der Waals surface area contributed by atoms with Crippen LogP contribution in [0.15, 0.2) is 0 Å². The summed E-state index contributed by atoms with van der Waals surface area (Å²) in [5.74, 6) is -0.633. The lowest BCUT2D eigenvalue weighted by atomic mass is 9.84. The minimum Gasteiger partial charge on any atom is -0.299 e. The highest BCUT2D eigenvalue weighted by molar-refractivity contribution is 14.1. The third-order valence-corrected chi connectivity index (χ3v) is 2.20. The SMILES string of the molecule is [CH]C(=O)C([CH])([CH])CCCCI. The molecule has 11 heavy (non-hydrogen) atoms. The first-order valence-corrected chi connectivity index (χ1v) is 4.97. The molecule has 0 bridgehead atoms. The van der Waals surface area contributed by atoms with Gasteiger partial charge in [0.1, 0.15) is 5.78 Å². The van der Waals surface area contributed by atoms with Crippen molar-refractivity contribution in [1.82, 2.24) is 0 Å². The summed E-state index contributed by atoms with van der Waals surface area (Å²) in [7, 11) is 0. The summed E-state index contributed by atoms with van der Waals surface area (Å²) in [5.41, 5.74) is -1.31. The Kier molecular flexibility index (Phi) is 5.30. The molecule has 0 aliphatic heterocycles. The van der Waals surface area contributed by atoms with Crippen LogP contribution in [-0.4, -0.2) is 10.2 Å². The molecule has 0 unspecified atom stereocenters. The van der Waals surface area contributed by atoms with Crippen molar-refractivity contribution in [1.29, 1.82) is 0 Å². The number of ketones is 1. The topological polar surface area (TPSA) is 17.1 Å². The van der Waals surface area contributed by atoms with Crippen molar-refractivity contribution < 1.29 is 4.79 Å². The minimum absolute atomic E-state index is 0.464. The number of carbonyl (C=O) groups is 1. The molecule has 0 aliphatic carbocycles. The molecule has 0 fully saturated rings. The molecule has 0 N–H and O–H groups in total. The molecule has 6 radical (unpaired) electrons. The first kappa shape index (κ1) is 11.4. The van der Waals surface area contributed by atoms with E-state index >= 15 is 0 Å². The Bertz CT molecular complexity index is 130. The molecule has 0 saturated carbocycles. The molecule has 0 aliphatic rings. The van der Waals surface area contributed by atoms with Crippen molar-refractivity contribution in [2.45, 2.75) is 19.3 Å². The van der Waals surface area contributed by atoms with Crippen LogP contribution in [0.2, 0.25) is 0 Å². The molecular formula is C9H11IO. The number of halogens is 1. The van der Waals surface area contributed by atoms with E-state index in [4.69, 9.17) is 20.8 Å². The molecule has 0 saturated heterocycles. The predicted molar refractivity (Wildman–Crippen MR) is 53.1 cm³/mol.